The van der Waals surface area contributed by atoms with Gasteiger partial charge >= 0.3 is 0 Å². The zero-order valence-corrected chi connectivity index (χ0v) is 13.4. The van der Waals surface area contributed by atoms with Crippen molar-refractivity contribution < 1.29 is 4.74 Å². The summed E-state index contributed by atoms with van der Waals surface area (Å²) in [6.45, 7) is 6.39. The lowest BCUT2D eigenvalue weighted by atomic mass is 9.84. The molecular weight excluding hydrogens is 270 g/mol. The number of ether oxygens (including phenoxy) is 1. The Morgan fingerprint density at radius 1 is 1.30 bits per heavy atom. The fourth-order valence-electron chi connectivity index (χ4n) is 2.91. The van der Waals surface area contributed by atoms with Crippen LogP contribution in [0.5, 0.6) is 0 Å². The van der Waals surface area contributed by atoms with Crippen LogP contribution in [0.2, 0.25) is 5.02 Å². The SMILES string of the molecule is CCCNC(Cc1ccc(Cl)cc1)C1(C)CCCCO1. The van der Waals surface area contributed by atoms with Crippen LogP contribution >= 0.6 is 11.6 Å². The third-order valence-corrected chi connectivity index (χ3v) is 4.48. The third-order valence-electron chi connectivity index (χ3n) is 4.23. The molecule has 0 aromatic heterocycles. The highest BCUT2D eigenvalue weighted by molar-refractivity contribution is 6.30. The molecule has 1 aliphatic heterocycles. The smallest absolute Gasteiger partial charge is 0.0810 e. The summed E-state index contributed by atoms with van der Waals surface area (Å²) in [5, 5.41) is 4.48. The number of benzene rings is 1. The number of rotatable bonds is 6. The van der Waals surface area contributed by atoms with Gasteiger partial charge in [0, 0.05) is 17.7 Å². The van der Waals surface area contributed by atoms with Crippen molar-refractivity contribution in [1.29, 1.82) is 0 Å². The van der Waals surface area contributed by atoms with Crippen molar-refractivity contribution in [2.75, 3.05) is 13.2 Å². The van der Waals surface area contributed by atoms with E-state index in [1.165, 1.54) is 18.4 Å². The minimum atomic E-state index is -0.0486. The Kier molecular flexibility index (Phi) is 5.88. The molecule has 2 rings (SSSR count). The second-order valence-corrected chi connectivity index (χ2v) is 6.39. The lowest BCUT2D eigenvalue weighted by Crippen LogP contribution is -2.53. The molecule has 112 valence electrons. The number of nitrogens with one attached hydrogen (secondary N) is 1. The largest absolute Gasteiger partial charge is 0.374 e. The van der Waals surface area contributed by atoms with Crippen LogP contribution < -0.4 is 5.32 Å². The number of halogens is 1. The highest BCUT2D eigenvalue weighted by Crippen LogP contribution is 2.30. The molecule has 1 aromatic carbocycles. The van der Waals surface area contributed by atoms with Crippen molar-refractivity contribution in [3.8, 4) is 0 Å². The van der Waals surface area contributed by atoms with E-state index in [0.717, 1.165) is 37.4 Å². The van der Waals surface area contributed by atoms with Gasteiger partial charge in [0.05, 0.1) is 5.60 Å². The van der Waals surface area contributed by atoms with Crippen molar-refractivity contribution >= 4 is 11.6 Å². The van der Waals surface area contributed by atoms with E-state index in [2.05, 4.69) is 31.3 Å². The lowest BCUT2D eigenvalue weighted by Gasteiger charge is -2.41. The number of hydrogen-bond donors (Lipinski definition) is 1. The molecule has 1 saturated heterocycles. The molecule has 0 spiro atoms. The highest BCUT2D eigenvalue weighted by Gasteiger charge is 2.36. The molecule has 1 fully saturated rings. The maximum atomic E-state index is 6.13. The fraction of sp³-hybridized carbons (Fsp3) is 0.647. The summed E-state index contributed by atoms with van der Waals surface area (Å²) in [7, 11) is 0. The molecule has 2 nitrogen and oxygen atoms in total. The van der Waals surface area contributed by atoms with Crippen molar-refractivity contribution in [2.45, 2.75) is 57.6 Å². The molecule has 0 bridgehead atoms. The molecule has 0 saturated carbocycles. The molecule has 1 aliphatic rings. The van der Waals surface area contributed by atoms with Crippen LogP contribution in [-0.2, 0) is 11.2 Å². The topological polar surface area (TPSA) is 21.3 Å². The van der Waals surface area contributed by atoms with Crippen molar-refractivity contribution in [2.24, 2.45) is 0 Å². The molecule has 0 amide bonds. The Hall–Kier alpha value is -0.570. The zero-order valence-electron chi connectivity index (χ0n) is 12.6. The van der Waals surface area contributed by atoms with Crippen molar-refractivity contribution in [3.63, 3.8) is 0 Å². The molecule has 0 radical (unpaired) electrons. The van der Waals surface area contributed by atoms with E-state index in [4.69, 9.17) is 16.3 Å². The minimum Gasteiger partial charge on any atom is -0.374 e. The van der Waals surface area contributed by atoms with E-state index in [0.29, 0.717) is 6.04 Å². The lowest BCUT2D eigenvalue weighted by molar-refractivity contribution is -0.0883. The maximum absolute atomic E-state index is 6.13. The van der Waals surface area contributed by atoms with Gasteiger partial charge in [-0.1, -0.05) is 30.7 Å². The van der Waals surface area contributed by atoms with Crippen LogP contribution in [0, 0.1) is 0 Å². The second kappa shape index (κ2) is 7.44. The van der Waals surface area contributed by atoms with E-state index in [1.54, 1.807) is 0 Å². The molecule has 3 heteroatoms. The number of hydrogen-bond acceptors (Lipinski definition) is 2. The first kappa shape index (κ1) is 15.8. The van der Waals surface area contributed by atoms with Gasteiger partial charge in [0.25, 0.3) is 0 Å². The summed E-state index contributed by atoms with van der Waals surface area (Å²) in [6.07, 6.45) is 5.74. The molecule has 1 aromatic rings. The van der Waals surface area contributed by atoms with Crippen LogP contribution in [0.4, 0.5) is 0 Å². The van der Waals surface area contributed by atoms with E-state index >= 15 is 0 Å². The first-order valence-electron chi connectivity index (χ1n) is 7.76. The molecule has 2 atom stereocenters. The van der Waals surface area contributed by atoms with E-state index < -0.39 is 0 Å². The predicted molar refractivity (Wildman–Crippen MR) is 85.4 cm³/mol. The summed E-state index contributed by atoms with van der Waals surface area (Å²) in [4.78, 5) is 0. The Bertz CT molecular complexity index is 398. The van der Waals surface area contributed by atoms with E-state index in [-0.39, 0.29) is 5.60 Å². The van der Waals surface area contributed by atoms with Crippen LogP contribution in [-0.4, -0.2) is 24.8 Å². The molecule has 1 N–H and O–H groups in total. The molecule has 0 aliphatic carbocycles. The average Bonchev–Trinajstić information content (AvgIpc) is 2.46. The average molecular weight is 296 g/mol. The van der Waals surface area contributed by atoms with Gasteiger partial charge in [0.15, 0.2) is 0 Å². The Morgan fingerprint density at radius 3 is 2.65 bits per heavy atom. The van der Waals surface area contributed by atoms with Crippen LogP contribution in [0.1, 0.15) is 45.1 Å². The standard InChI is InChI=1S/C17H26ClNO/c1-3-11-19-16(17(2)10-4-5-12-20-17)13-14-6-8-15(18)9-7-14/h6-9,16,19H,3-5,10-13H2,1-2H3. The monoisotopic (exact) mass is 295 g/mol. The summed E-state index contributed by atoms with van der Waals surface area (Å²) in [5.74, 6) is 0. The van der Waals surface area contributed by atoms with Gasteiger partial charge in [0.2, 0.25) is 0 Å². The summed E-state index contributed by atoms with van der Waals surface area (Å²) in [5.41, 5.74) is 1.27. The van der Waals surface area contributed by atoms with Crippen molar-refractivity contribution in [3.05, 3.63) is 34.9 Å². The molecule has 20 heavy (non-hydrogen) atoms. The van der Waals surface area contributed by atoms with Gasteiger partial charge in [-0.25, -0.2) is 0 Å². The van der Waals surface area contributed by atoms with Gasteiger partial charge in [-0.3, -0.25) is 0 Å². The van der Waals surface area contributed by atoms with Gasteiger partial charge in [0.1, 0.15) is 0 Å². The van der Waals surface area contributed by atoms with Gasteiger partial charge < -0.3 is 10.1 Å². The molecule has 1 heterocycles. The molecule has 2 unspecified atom stereocenters. The summed E-state index contributed by atoms with van der Waals surface area (Å²) >= 11 is 5.97. The Morgan fingerprint density at radius 2 is 2.05 bits per heavy atom. The highest BCUT2D eigenvalue weighted by atomic mass is 35.5. The predicted octanol–water partition coefficient (Wildman–Crippen LogP) is 4.21. The Labute approximate surface area is 127 Å². The third kappa shape index (κ3) is 4.21. The zero-order chi connectivity index (χ0) is 14.4. The van der Waals surface area contributed by atoms with Gasteiger partial charge in [-0.15, -0.1) is 0 Å². The van der Waals surface area contributed by atoms with Crippen LogP contribution in [0.15, 0.2) is 24.3 Å². The quantitative estimate of drug-likeness (QED) is 0.849. The molecular formula is C17H26ClNO. The first-order valence-corrected chi connectivity index (χ1v) is 8.13. The summed E-state index contributed by atoms with van der Waals surface area (Å²) < 4.78 is 6.13. The van der Waals surface area contributed by atoms with E-state index in [9.17, 15) is 0 Å². The maximum Gasteiger partial charge on any atom is 0.0810 e. The fourth-order valence-corrected chi connectivity index (χ4v) is 3.04. The Balaban J connectivity index is 2.07. The van der Waals surface area contributed by atoms with Crippen LogP contribution in [0.25, 0.3) is 0 Å². The van der Waals surface area contributed by atoms with E-state index in [1.807, 2.05) is 12.1 Å². The van der Waals surface area contributed by atoms with Gasteiger partial charge in [-0.2, -0.15) is 0 Å². The first-order chi connectivity index (χ1) is 9.64. The normalized spacial score (nSPS) is 24.6. The van der Waals surface area contributed by atoms with Crippen LogP contribution in [0.3, 0.4) is 0 Å². The minimum absolute atomic E-state index is 0.0486. The second-order valence-electron chi connectivity index (χ2n) is 5.96. The van der Waals surface area contributed by atoms with Crippen molar-refractivity contribution in [1.82, 2.24) is 5.32 Å². The van der Waals surface area contributed by atoms with Gasteiger partial charge in [-0.05, 0) is 63.3 Å². The summed E-state index contributed by atoms with van der Waals surface area (Å²) in [6, 6.07) is 8.55.